The van der Waals surface area contributed by atoms with Gasteiger partial charge in [-0.25, -0.2) is 4.79 Å². The van der Waals surface area contributed by atoms with Gasteiger partial charge in [0.2, 0.25) is 0 Å². The van der Waals surface area contributed by atoms with Crippen molar-refractivity contribution in [3.05, 3.63) is 5.82 Å². The van der Waals surface area contributed by atoms with E-state index < -0.39 is 5.54 Å². The second-order valence-electron chi connectivity index (χ2n) is 4.48. The Kier molecular flexibility index (Phi) is 2.05. The van der Waals surface area contributed by atoms with Crippen LogP contribution >= 0.6 is 0 Å². The zero-order valence-corrected chi connectivity index (χ0v) is 8.77. The molecule has 1 aromatic heterocycles. The molecule has 0 unspecified atom stereocenters. The summed E-state index contributed by atoms with van der Waals surface area (Å²) in [5, 5.41) is 16.5. The second-order valence-corrected chi connectivity index (χ2v) is 4.48. The van der Waals surface area contributed by atoms with Crippen LogP contribution < -0.4 is 5.32 Å². The Morgan fingerprint density at radius 1 is 1.56 bits per heavy atom. The number of carbonyl (C=O) groups is 1. The van der Waals surface area contributed by atoms with E-state index in [2.05, 4.69) is 25.9 Å². The zero-order chi connectivity index (χ0) is 11.0. The zero-order valence-electron chi connectivity index (χ0n) is 8.77. The normalized spacial score (nSPS) is 21.5. The van der Waals surface area contributed by atoms with Gasteiger partial charge in [-0.05, 0) is 31.6 Å². The smallest absolute Gasteiger partial charge is 0.407 e. The standard InChI is InChI=1S/C9H13N5O2/c15-8(16-5-6-1-2-6)10-9(3-4-9)7-11-13-14-12-7/h6H,1-5H2,(H,10,15)(H,11,12,13,14). The van der Waals surface area contributed by atoms with Gasteiger partial charge in [0.25, 0.3) is 0 Å². The molecule has 7 nitrogen and oxygen atoms in total. The Bertz CT molecular complexity index is 383. The molecule has 2 aliphatic carbocycles. The molecule has 1 amide bonds. The maximum absolute atomic E-state index is 11.5. The lowest BCUT2D eigenvalue weighted by Gasteiger charge is -2.13. The number of nitrogens with one attached hydrogen (secondary N) is 2. The molecule has 86 valence electrons. The first-order chi connectivity index (χ1) is 7.78. The van der Waals surface area contributed by atoms with Gasteiger partial charge < -0.3 is 10.1 Å². The van der Waals surface area contributed by atoms with Crippen molar-refractivity contribution < 1.29 is 9.53 Å². The number of rotatable bonds is 4. The van der Waals surface area contributed by atoms with E-state index in [-0.39, 0.29) is 6.09 Å². The van der Waals surface area contributed by atoms with Crippen molar-refractivity contribution in [1.29, 1.82) is 0 Å². The van der Waals surface area contributed by atoms with Gasteiger partial charge in [0, 0.05) is 0 Å². The topological polar surface area (TPSA) is 92.8 Å². The van der Waals surface area contributed by atoms with Gasteiger partial charge in [0.1, 0.15) is 5.54 Å². The van der Waals surface area contributed by atoms with Crippen molar-refractivity contribution in [2.75, 3.05) is 6.61 Å². The monoisotopic (exact) mass is 223 g/mol. The minimum absolute atomic E-state index is 0.380. The number of aromatic nitrogens is 4. The Morgan fingerprint density at radius 3 is 2.94 bits per heavy atom. The number of nitrogens with zero attached hydrogens (tertiary/aromatic N) is 3. The fraction of sp³-hybridized carbons (Fsp3) is 0.778. The number of hydrogen-bond acceptors (Lipinski definition) is 5. The van der Waals surface area contributed by atoms with Crippen LogP contribution in [0.4, 0.5) is 4.79 Å². The first-order valence-electron chi connectivity index (χ1n) is 5.47. The van der Waals surface area contributed by atoms with E-state index in [4.69, 9.17) is 4.74 Å². The molecule has 2 N–H and O–H groups in total. The molecule has 0 atom stereocenters. The fourth-order valence-electron chi connectivity index (χ4n) is 1.60. The summed E-state index contributed by atoms with van der Waals surface area (Å²) in [6, 6.07) is 0. The van der Waals surface area contributed by atoms with Crippen LogP contribution in [0.3, 0.4) is 0 Å². The van der Waals surface area contributed by atoms with Crippen molar-refractivity contribution in [3.63, 3.8) is 0 Å². The fourth-order valence-corrected chi connectivity index (χ4v) is 1.60. The maximum Gasteiger partial charge on any atom is 0.407 e. The number of aromatic amines is 1. The average Bonchev–Trinajstić information content (AvgIpc) is 3.19. The van der Waals surface area contributed by atoms with Gasteiger partial charge in [-0.1, -0.05) is 5.21 Å². The summed E-state index contributed by atoms with van der Waals surface area (Å²) >= 11 is 0. The molecule has 0 aromatic carbocycles. The molecule has 16 heavy (non-hydrogen) atoms. The van der Waals surface area contributed by atoms with E-state index in [0.717, 1.165) is 12.8 Å². The Labute approximate surface area is 91.9 Å². The summed E-state index contributed by atoms with van der Waals surface area (Å²) in [6.45, 7) is 0.522. The number of amides is 1. The SMILES string of the molecule is O=C(NC1(c2nn[nH]n2)CC1)OCC1CC1. The third-order valence-corrected chi connectivity index (χ3v) is 3.01. The highest BCUT2D eigenvalue weighted by Gasteiger charge is 2.50. The number of carbonyl (C=O) groups excluding carboxylic acids is 1. The third-order valence-electron chi connectivity index (χ3n) is 3.01. The summed E-state index contributed by atoms with van der Waals surface area (Å²) < 4.78 is 5.10. The summed E-state index contributed by atoms with van der Waals surface area (Å²) in [5.41, 5.74) is -0.437. The molecular formula is C9H13N5O2. The Morgan fingerprint density at radius 2 is 2.38 bits per heavy atom. The molecule has 0 bridgehead atoms. The van der Waals surface area contributed by atoms with E-state index in [1.54, 1.807) is 0 Å². The number of alkyl carbamates (subject to hydrolysis) is 1. The van der Waals surface area contributed by atoms with Crippen molar-refractivity contribution in [1.82, 2.24) is 25.9 Å². The van der Waals surface area contributed by atoms with Crippen LogP contribution in [0.15, 0.2) is 0 Å². The summed E-state index contributed by atoms with van der Waals surface area (Å²) in [7, 11) is 0. The van der Waals surface area contributed by atoms with Crippen LogP contribution in [0.25, 0.3) is 0 Å². The lowest BCUT2D eigenvalue weighted by atomic mass is 10.2. The summed E-state index contributed by atoms with van der Waals surface area (Å²) in [4.78, 5) is 11.5. The highest BCUT2D eigenvalue weighted by Crippen LogP contribution is 2.43. The van der Waals surface area contributed by atoms with Gasteiger partial charge in [-0.2, -0.15) is 5.21 Å². The van der Waals surface area contributed by atoms with E-state index in [9.17, 15) is 4.79 Å². The third kappa shape index (κ3) is 1.84. The van der Waals surface area contributed by atoms with Crippen molar-refractivity contribution in [2.45, 2.75) is 31.2 Å². The Hall–Kier alpha value is -1.66. The lowest BCUT2D eigenvalue weighted by molar-refractivity contribution is 0.135. The Balaban J connectivity index is 1.55. The van der Waals surface area contributed by atoms with Gasteiger partial charge >= 0.3 is 6.09 Å². The van der Waals surface area contributed by atoms with Crippen molar-refractivity contribution in [3.8, 4) is 0 Å². The van der Waals surface area contributed by atoms with Crippen LogP contribution in [-0.4, -0.2) is 33.3 Å². The first kappa shape index (κ1) is 9.56. The van der Waals surface area contributed by atoms with Crippen molar-refractivity contribution >= 4 is 6.09 Å². The first-order valence-corrected chi connectivity index (χ1v) is 5.47. The predicted molar refractivity (Wildman–Crippen MR) is 52.3 cm³/mol. The maximum atomic E-state index is 11.5. The minimum atomic E-state index is -0.437. The van der Waals surface area contributed by atoms with Crippen LogP contribution in [0.2, 0.25) is 0 Å². The molecule has 1 heterocycles. The molecule has 0 spiro atoms. The molecule has 0 saturated heterocycles. The van der Waals surface area contributed by atoms with E-state index in [0.29, 0.717) is 18.3 Å². The summed E-state index contributed by atoms with van der Waals surface area (Å²) in [6.07, 6.45) is 3.64. The molecule has 2 fully saturated rings. The van der Waals surface area contributed by atoms with E-state index in [1.165, 1.54) is 12.8 Å². The molecule has 0 radical (unpaired) electrons. The highest BCUT2D eigenvalue weighted by atomic mass is 16.5. The number of tetrazole rings is 1. The number of ether oxygens (including phenoxy) is 1. The second kappa shape index (κ2) is 3.43. The number of hydrogen-bond donors (Lipinski definition) is 2. The number of H-pyrrole nitrogens is 1. The van der Waals surface area contributed by atoms with Crippen LogP contribution in [0, 0.1) is 5.92 Å². The van der Waals surface area contributed by atoms with Gasteiger partial charge in [0.05, 0.1) is 6.61 Å². The molecule has 2 aliphatic rings. The van der Waals surface area contributed by atoms with E-state index in [1.807, 2.05) is 0 Å². The molecule has 0 aliphatic heterocycles. The van der Waals surface area contributed by atoms with Gasteiger partial charge in [-0.3, -0.25) is 0 Å². The van der Waals surface area contributed by atoms with Gasteiger partial charge in [0.15, 0.2) is 5.82 Å². The van der Waals surface area contributed by atoms with E-state index >= 15 is 0 Å². The summed E-state index contributed by atoms with van der Waals surface area (Å²) in [5.74, 6) is 1.11. The lowest BCUT2D eigenvalue weighted by Crippen LogP contribution is -2.36. The highest BCUT2D eigenvalue weighted by molar-refractivity contribution is 5.69. The molecule has 3 rings (SSSR count). The molecule has 1 aromatic rings. The quantitative estimate of drug-likeness (QED) is 0.767. The minimum Gasteiger partial charge on any atom is -0.449 e. The predicted octanol–water partition coefficient (Wildman–Crippen LogP) is 0.325. The largest absolute Gasteiger partial charge is 0.449 e. The molecule has 7 heteroatoms. The average molecular weight is 223 g/mol. The molecule has 2 saturated carbocycles. The van der Waals surface area contributed by atoms with Crippen LogP contribution in [0.5, 0.6) is 0 Å². The van der Waals surface area contributed by atoms with Gasteiger partial charge in [-0.15, -0.1) is 10.2 Å². The molecular weight excluding hydrogens is 210 g/mol. The van der Waals surface area contributed by atoms with Crippen LogP contribution in [0.1, 0.15) is 31.5 Å². The van der Waals surface area contributed by atoms with Crippen LogP contribution in [-0.2, 0) is 10.3 Å². The van der Waals surface area contributed by atoms with Crippen molar-refractivity contribution in [2.24, 2.45) is 5.92 Å².